The van der Waals surface area contributed by atoms with Crippen molar-refractivity contribution >= 4 is 21.9 Å². The number of rotatable bonds is 3. The van der Waals surface area contributed by atoms with Crippen LogP contribution < -0.4 is 4.57 Å². The Balaban J connectivity index is 1.46. The van der Waals surface area contributed by atoms with Gasteiger partial charge >= 0.3 is 0 Å². The number of hydrogen-bond donors (Lipinski definition) is 0. The summed E-state index contributed by atoms with van der Waals surface area (Å²) in [5, 5.41) is 2.41. The van der Waals surface area contributed by atoms with Gasteiger partial charge in [-0.1, -0.05) is 61.7 Å². The molecule has 2 aromatic heterocycles. The molecule has 0 bridgehead atoms. The number of furan rings is 1. The van der Waals surface area contributed by atoms with Gasteiger partial charge in [-0.2, -0.15) is 0 Å². The molecule has 0 spiro atoms. The quantitative estimate of drug-likeness (QED) is 0.233. The van der Waals surface area contributed by atoms with E-state index in [9.17, 15) is 0 Å². The summed E-state index contributed by atoms with van der Waals surface area (Å²) >= 11 is 0. The first-order valence-corrected chi connectivity index (χ1v) is 14.2. The van der Waals surface area contributed by atoms with E-state index in [0.717, 1.165) is 17.1 Å². The van der Waals surface area contributed by atoms with E-state index in [1.807, 2.05) is 0 Å². The van der Waals surface area contributed by atoms with Gasteiger partial charge in [0.05, 0.1) is 5.56 Å². The monoisotopic (exact) mass is 486 g/mol. The maximum Gasteiger partial charge on any atom is 0.216 e. The van der Waals surface area contributed by atoms with Crippen LogP contribution in [0.3, 0.4) is 0 Å². The number of fused-ring (bicyclic) bond motifs is 4. The summed E-state index contributed by atoms with van der Waals surface area (Å²) in [6.45, 7) is 2.19. The van der Waals surface area contributed by atoms with Crippen molar-refractivity contribution in [2.45, 2.75) is 70.6 Å². The van der Waals surface area contributed by atoms with Gasteiger partial charge < -0.3 is 4.42 Å². The fraction of sp³-hybridized carbons (Fsp3) is 0.343. The van der Waals surface area contributed by atoms with Gasteiger partial charge in [0.25, 0.3) is 0 Å². The normalized spacial score (nSPS) is 16.4. The molecule has 5 aromatic rings. The highest BCUT2D eigenvalue weighted by Gasteiger charge is 2.25. The van der Waals surface area contributed by atoms with Gasteiger partial charge in [0.2, 0.25) is 5.69 Å². The van der Waals surface area contributed by atoms with Crippen molar-refractivity contribution in [2.75, 3.05) is 0 Å². The van der Waals surface area contributed by atoms with E-state index in [1.54, 1.807) is 16.7 Å². The highest BCUT2D eigenvalue weighted by Crippen LogP contribution is 2.44. The Morgan fingerprint density at radius 1 is 0.784 bits per heavy atom. The summed E-state index contributed by atoms with van der Waals surface area (Å²) in [7, 11) is 2.11. The maximum absolute atomic E-state index is 6.88. The Labute approximate surface area is 220 Å². The zero-order valence-corrected chi connectivity index (χ0v) is 22.1. The summed E-state index contributed by atoms with van der Waals surface area (Å²) in [6.07, 6.45) is 14.1. The number of nitrogens with zero attached hydrogens (tertiary/aromatic N) is 1. The molecule has 0 N–H and O–H groups in total. The molecular formula is C35H36NO+. The van der Waals surface area contributed by atoms with E-state index in [2.05, 4.69) is 85.4 Å². The Bertz CT molecular complexity index is 1630. The van der Waals surface area contributed by atoms with Crippen molar-refractivity contribution in [3.63, 3.8) is 0 Å². The predicted molar refractivity (Wildman–Crippen MR) is 153 cm³/mol. The second kappa shape index (κ2) is 9.17. The Hall–Kier alpha value is -3.39. The second-order valence-corrected chi connectivity index (χ2v) is 11.4. The van der Waals surface area contributed by atoms with Crippen molar-refractivity contribution in [3.8, 4) is 22.4 Å². The van der Waals surface area contributed by atoms with E-state index >= 15 is 0 Å². The van der Waals surface area contributed by atoms with E-state index in [0.29, 0.717) is 0 Å². The molecule has 0 atom stereocenters. The lowest BCUT2D eigenvalue weighted by molar-refractivity contribution is -0.660. The first kappa shape index (κ1) is 22.8. The minimum atomic E-state index is 0.725. The molecule has 2 aliphatic carbocycles. The molecule has 0 saturated heterocycles. The minimum Gasteiger partial charge on any atom is -0.454 e. The Morgan fingerprint density at radius 3 is 2.49 bits per heavy atom. The molecule has 7 rings (SSSR count). The molecule has 37 heavy (non-hydrogen) atoms. The van der Waals surface area contributed by atoms with Crippen LogP contribution in [0.2, 0.25) is 0 Å². The predicted octanol–water partition coefficient (Wildman–Crippen LogP) is 8.98. The average molecular weight is 487 g/mol. The van der Waals surface area contributed by atoms with Crippen LogP contribution >= 0.6 is 0 Å². The van der Waals surface area contributed by atoms with Gasteiger partial charge in [-0.25, -0.2) is 4.57 Å². The molecule has 1 saturated carbocycles. The topological polar surface area (TPSA) is 17.0 Å². The molecule has 0 amide bonds. The summed E-state index contributed by atoms with van der Waals surface area (Å²) in [5.74, 6) is 0.725. The van der Waals surface area contributed by atoms with Gasteiger partial charge in [-0.05, 0) is 85.3 Å². The third-order valence-corrected chi connectivity index (χ3v) is 9.04. The van der Waals surface area contributed by atoms with Gasteiger partial charge in [-0.3, -0.25) is 0 Å². The van der Waals surface area contributed by atoms with Crippen LogP contribution in [0.5, 0.6) is 0 Å². The van der Waals surface area contributed by atoms with Crippen LogP contribution in [0, 0.1) is 6.92 Å². The molecule has 0 radical (unpaired) electrons. The molecule has 1 fully saturated rings. The maximum atomic E-state index is 6.88. The molecule has 2 aliphatic rings. The van der Waals surface area contributed by atoms with Crippen LogP contribution in [0.1, 0.15) is 73.1 Å². The van der Waals surface area contributed by atoms with Crippen LogP contribution in [-0.2, 0) is 19.9 Å². The number of pyridine rings is 1. The average Bonchev–Trinajstić information content (AvgIpc) is 3.32. The highest BCUT2D eigenvalue weighted by molar-refractivity contribution is 6.13. The Morgan fingerprint density at radius 2 is 1.62 bits per heavy atom. The standard InChI is InChI=1S/C35H36NO/c1-23-18-19-30-29-16-10-15-28(34(29)37-35(30)33(23)32-17-8-9-20-36(32)2)26-21-25-13-6-7-14-27(25)31(22-26)24-11-4-3-5-12-24/h8-10,15-22,24H,3-7,11-14H2,1-2H3/q+1. The lowest BCUT2D eigenvalue weighted by atomic mass is 9.76. The third kappa shape index (κ3) is 3.81. The molecule has 2 nitrogen and oxygen atoms in total. The summed E-state index contributed by atoms with van der Waals surface area (Å²) < 4.78 is 9.07. The zero-order chi connectivity index (χ0) is 24.9. The largest absolute Gasteiger partial charge is 0.454 e. The number of para-hydroxylation sites is 1. The Kier molecular flexibility index (Phi) is 5.65. The molecule has 2 heteroatoms. The van der Waals surface area contributed by atoms with E-state index in [4.69, 9.17) is 4.42 Å². The first-order chi connectivity index (χ1) is 18.2. The van der Waals surface area contributed by atoms with Crippen molar-refractivity contribution in [3.05, 3.63) is 89.1 Å². The number of aryl methyl sites for hydroxylation is 3. The summed E-state index contributed by atoms with van der Waals surface area (Å²) in [6, 6.07) is 22.6. The first-order valence-electron chi connectivity index (χ1n) is 14.2. The minimum absolute atomic E-state index is 0.725. The SMILES string of the molecule is Cc1ccc2c(oc3c(-c4cc5c(c(C6CCCCC6)c4)CCCC5)cccc32)c1-c1cccc[n+]1C. The smallest absolute Gasteiger partial charge is 0.216 e. The number of aromatic nitrogens is 1. The molecule has 3 aromatic carbocycles. The van der Waals surface area contributed by atoms with E-state index in [-0.39, 0.29) is 0 Å². The summed E-state index contributed by atoms with van der Waals surface area (Å²) in [4.78, 5) is 0. The lowest BCUT2D eigenvalue weighted by Gasteiger charge is -2.28. The molecule has 2 heterocycles. The van der Waals surface area contributed by atoms with Crippen molar-refractivity contribution in [2.24, 2.45) is 7.05 Å². The van der Waals surface area contributed by atoms with Crippen molar-refractivity contribution < 1.29 is 8.98 Å². The van der Waals surface area contributed by atoms with Crippen molar-refractivity contribution in [1.82, 2.24) is 0 Å². The van der Waals surface area contributed by atoms with Gasteiger partial charge in [0.15, 0.2) is 6.20 Å². The number of benzene rings is 3. The molecule has 186 valence electrons. The fourth-order valence-corrected chi connectivity index (χ4v) is 7.12. The van der Waals surface area contributed by atoms with Crippen molar-refractivity contribution in [1.29, 1.82) is 0 Å². The number of hydrogen-bond acceptors (Lipinski definition) is 1. The summed E-state index contributed by atoms with van der Waals surface area (Å²) in [5.41, 5.74) is 13.1. The lowest BCUT2D eigenvalue weighted by Crippen LogP contribution is -2.30. The van der Waals surface area contributed by atoms with Gasteiger partial charge in [0, 0.05) is 28.5 Å². The van der Waals surface area contributed by atoms with Gasteiger partial charge in [-0.15, -0.1) is 0 Å². The highest BCUT2D eigenvalue weighted by atomic mass is 16.3. The van der Waals surface area contributed by atoms with Gasteiger partial charge in [0.1, 0.15) is 18.2 Å². The zero-order valence-electron chi connectivity index (χ0n) is 22.1. The van der Waals surface area contributed by atoms with Crippen LogP contribution in [-0.4, -0.2) is 0 Å². The molecule has 0 unspecified atom stereocenters. The van der Waals surface area contributed by atoms with E-state index < -0.39 is 0 Å². The van der Waals surface area contributed by atoms with Crippen LogP contribution in [0.15, 0.2) is 71.3 Å². The van der Waals surface area contributed by atoms with Crippen LogP contribution in [0.25, 0.3) is 44.3 Å². The molecule has 0 aliphatic heterocycles. The van der Waals surface area contributed by atoms with E-state index in [1.165, 1.54) is 96.5 Å². The van der Waals surface area contributed by atoms with Crippen LogP contribution in [0.4, 0.5) is 0 Å². The molecular weight excluding hydrogens is 450 g/mol. The fourth-order valence-electron chi connectivity index (χ4n) is 7.12. The third-order valence-electron chi connectivity index (χ3n) is 9.04. The second-order valence-electron chi connectivity index (χ2n) is 11.4.